The number of benzene rings is 1. The molecule has 1 amide bonds. The summed E-state index contributed by atoms with van der Waals surface area (Å²) in [6, 6.07) is 7.96. The highest BCUT2D eigenvalue weighted by molar-refractivity contribution is 9.10. The van der Waals surface area contributed by atoms with Crippen LogP contribution in [0.1, 0.15) is 55.8 Å². The normalized spacial score (nSPS) is 23.1. The number of carbonyl (C=O) groups excluding carboxylic acids is 1. The van der Waals surface area contributed by atoms with Gasteiger partial charge in [-0.15, -0.1) is 0 Å². The molecule has 0 radical (unpaired) electrons. The second kappa shape index (κ2) is 7.09. The van der Waals surface area contributed by atoms with Gasteiger partial charge in [0.25, 0.3) is 5.91 Å². The first-order valence-corrected chi connectivity index (χ1v) is 8.05. The highest BCUT2D eigenvalue weighted by atomic mass is 79.9. The zero-order chi connectivity index (χ0) is 13.7. The number of hydrogen-bond donors (Lipinski definition) is 1. The fourth-order valence-corrected chi connectivity index (χ4v) is 3.38. The van der Waals surface area contributed by atoms with Crippen LogP contribution in [0.4, 0.5) is 0 Å². The smallest absolute Gasteiger partial charge is 0.252 e. The maximum atomic E-state index is 12.2. The molecule has 3 heteroatoms. The molecule has 1 fully saturated rings. The predicted molar refractivity (Wildman–Crippen MR) is 82.3 cm³/mol. The molecule has 1 aromatic rings. The van der Waals surface area contributed by atoms with E-state index in [4.69, 9.17) is 0 Å². The van der Waals surface area contributed by atoms with Crippen molar-refractivity contribution in [3.05, 3.63) is 34.3 Å². The molecule has 0 aliphatic heterocycles. The molecule has 1 aliphatic carbocycles. The molecule has 1 aliphatic rings. The summed E-state index contributed by atoms with van der Waals surface area (Å²) >= 11 is 3.43. The third kappa shape index (κ3) is 4.07. The van der Waals surface area contributed by atoms with E-state index in [1.54, 1.807) is 0 Å². The molecule has 0 spiro atoms. The van der Waals surface area contributed by atoms with Crippen LogP contribution in [0.15, 0.2) is 28.7 Å². The fourth-order valence-electron chi connectivity index (χ4n) is 2.91. The summed E-state index contributed by atoms with van der Waals surface area (Å²) in [6.45, 7) is 2.25. The van der Waals surface area contributed by atoms with Gasteiger partial charge in [0.2, 0.25) is 0 Å². The Morgan fingerprint density at radius 1 is 1.26 bits per heavy atom. The van der Waals surface area contributed by atoms with E-state index in [0.717, 1.165) is 28.8 Å². The Morgan fingerprint density at radius 3 is 2.58 bits per heavy atom. The van der Waals surface area contributed by atoms with Gasteiger partial charge in [0, 0.05) is 10.5 Å². The topological polar surface area (TPSA) is 29.1 Å². The van der Waals surface area contributed by atoms with Crippen molar-refractivity contribution < 1.29 is 4.79 Å². The van der Waals surface area contributed by atoms with Crippen molar-refractivity contribution in [1.82, 2.24) is 5.32 Å². The van der Waals surface area contributed by atoms with Crippen molar-refractivity contribution in [3.63, 3.8) is 0 Å². The largest absolute Gasteiger partial charge is 0.349 e. The van der Waals surface area contributed by atoms with Gasteiger partial charge in [-0.25, -0.2) is 0 Å². The lowest BCUT2D eigenvalue weighted by Crippen LogP contribution is -2.37. The van der Waals surface area contributed by atoms with E-state index in [1.165, 1.54) is 25.7 Å². The van der Waals surface area contributed by atoms with Gasteiger partial charge in [0.15, 0.2) is 0 Å². The lowest BCUT2D eigenvalue weighted by atomic mass is 9.83. The average Bonchev–Trinajstić information content (AvgIpc) is 2.42. The molecular weight excluding hydrogens is 302 g/mol. The zero-order valence-electron chi connectivity index (χ0n) is 11.5. The molecule has 0 saturated heterocycles. The van der Waals surface area contributed by atoms with E-state index in [-0.39, 0.29) is 5.91 Å². The average molecular weight is 324 g/mol. The minimum atomic E-state index is 0.0476. The first kappa shape index (κ1) is 14.6. The van der Waals surface area contributed by atoms with Crippen LogP contribution in [-0.4, -0.2) is 11.9 Å². The number of hydrogen-bond acceptors (Lipinski definition) is 1. The monoisotopic (exact) mass is 323 g/mol. The van der Waals surface area contributed by atoms with E-state index < -0.39 is 0 Å². The summed E-state index contributed by atoms with van der Waals surface area (Å²) in [4.78, 5) is 12.2. The van der Waals surface area contributed by atoms with Gasteiger partial charge >= 0.3 is 0 Å². The third-order valence-corrected chi connectivity index (χ3v) is 4.69. The lowest BCUT2D eigenvalue weighted by molar-refractivity contribution is 0.0920. The molecule has 0 aromatic heterocycles. The van der Waals surface area contributed by atoms with E-state index in [2.05, 4.69) is 28.2 Å². The minimum Gasteiger partial charge on any atom is -0.349 e. The van der Waals surface area contributed by atoms with Crippen LogP contribution in [0, 0.1) is 5.92 Å². The van der Waals surface area contributed by atoms with Gasteiger partial charge < -0.3 is 5.32 Å². The summed E-state index contributed by atoms with van der Waals surface area (Å²) in [5, 5.41) is 3.17. The van der Waals surface area contributed by atoms with Crippen LogP contribution in [0.3, 0.4) is 0 Å². The Bertz CT molecular complexity index is 425. The molecule has 2 rings (SSSR count). The number of nitrogens with one attached hydrogen (secondary N) is 1. The van der Waals surface area contributed by atoms with Crippen LogP contribution >= 0.6 is 15.9 Å². The van der Waals surface area contributed by atoms with Crippen LogP contribution < -0.4 is 5.32 Å². The molecule has 0 atom stereocenters. The quantitative estimate of drug-likeness (QED) is 0.866. The molecule has 19 heavy (non-hydrogen) atoms. The number of halogens is 1. The SMILES string of the molecule is CCCC1CCC(NC(=O)c2ccccc2Br)CC1. The van der Waals surface area contributed by atoms with Gasteiger partial charge in [-0.3, -0.25) is 4.79 Å². The van der Waals surface area contributed by atoms with Crippen molar-refractivity contribution in [3.8, 4) is 0 Å². The Labute approximate surface area is 124 Å². The number of amides is 1. The third-order valence-electron chi connectivity index (χ3n) is 4.00. The van der Waals surface area contributed by atoms with E-state index >= 15 is 0 Å². The number of carbonyl (C=O) groups is 1. The van der Waals surface area contributed by atoms with Gasteiger partial charge in [-0.1, -0.05) is 31.9 Å². The summed E-state index contributed by atoms with van der Waals surface area (Å²) in [5.41, 5.74) is 0.734. The van der Waals surface area contributed by atoms with Crippen LogP contribution in [0.5, 0.6) is 0 Å². The Balaban J connectivity index is 1.86. The van der Waals surface area contributed by atoms with Crippen molar-refractivity contribution in [2.75, 3.05) is 0 Å². The molecule has 104 valence electrons. The fraction of sp³-hybridized carbons (Fsp3) is 0.562. The van der Waals surface area contributed by atoms with Crippen molar-refractivity contribution in [2.45, 2.75) is 51.5 Å². The highest BCUT2D eigenvalue weighted by Gasteiger charge is 2.22. The summed E-state index contributed by atoms with van der Waals surface area (Å²) < 4.78 is 0.868. The van der Waals surface area contributed by atoms with E-state index in [0.29, 0.717) is 6.04 Å². The molecule has 0 bridgehead atoms. The Morgan fingerprint density at radius 2 is 1.95 bits per heavy atom. The molecule has 0 heterocycles. The second-order valence-electron chi connectivity index (χ2n) is 5.46. The Kier molecular flexibility index (Phi) is 5.44. The van der Waals surface area contributed by atoms with Crippen molar-refractivity contribution in [2.24, 2.45) is 5.92 Å². The second-order valence-corrected chi connectivity index (χ2v) is 6.31. The Hall–Kier alpha value is -0.830. The van der Waals surface area contributed by atoms with E-state index in [1.807, 2.05) is 24.3 Å². The predicted octanol–water partition coefficient (Wildman–Crippen LogP) is 4.54. The first-order valence-electron chi connectivity index (χ1n) is 7.26. The van der Waals surface area contributed by atoms with Crippen LogP contribution in [-0.2, 0) is 0 Å². The molecule has 2 nitrogen and oxygen atoms in total. The zero-order valence-corrected chi connectivity index (χ0v) is 13.1. The summed E-state index contributed by atoms with van der Waals surface area (Å²) in [6.07, 6.45) is 7.38. The minimum absolute atomic E-state index is 0.0476. The van der Waals surface area contributed by atoms with Gasteiger partial charge in [-0.05, 0) is 59.7 Å². The van der Waals surface area contributed by atoms with Crippen LogP contribution in [0.25, 0.3) is 0 Å². The lowest BCUT2D eigenvalue weighted by Gasteiger charge is -2.29. The molecular formula is C16H22BrNO. The number of rotatable bonds is 4. The van der Waals surface area contributed by atoms with E-state index in [9.17, 15) is 4.79 Å². The van der Waals surface area contributed by atoms with Crippen molar-refractivity contribution in [1.29, 1.82) is 0 Å². The maximum absolute atomic E-state index is 12.2. The first-order chi connectivity index (χ1) is 9.20. The molecule has 1 N–H and O–H groups in total. The van der Waals surface area contributed by atoms with Crippen molar-refractivity contribution >= 4 is 21.8 Å². The standard InChI is InChI=1S/C16H22BrNO/c1-2-5-12-8-10-13(11-9-12)18-16(19)14-6-3-4-7-15(14)17/h3-4,6-7,12-13H,2,5,8-11H2,1H3,(H,18,19). The van der Waals surface area contributed by atoms with Gasteiger partial charge in [0.1, 0.15) is 0 Å². The van der Waals surface area contributed by atoms with Gasteiger partial charge in [0.05, 0.1) is 5.56 Å². The molecule has 0 unspecified atom stereocenters. The molecule has 1 saturated carbocycles. The summed E-state index contributed by atoms with van der Waals surface area (Å²) in [5.74, 6) is 0.924. The van der Waals surface area contributed by atoms with Crippen LogP contribution in [0.2, 0.25) is 0 Å². The van der Waals surface area contributed by atoms with Gasteiger partial charge in [-0.2, -0.15) is 0 Å². The highest BCUT2D eigenvalue weighted by Crippen LogP contribution is 2.28. The molecule has 1 aromatic carbocycles. The summed E-state index contributed by atoms with van der Waals surface area (Å²) in [7, 11) is 0. The maximum Gasteiger partial charge on any atom is 0.252 e.